The first-order valence-corrected chi connectivity index (χ1v) is 3.96. The minimum absolute atomic E-state index is 0.106. The highest BCUT2D eigenvalue weighted by Gasteiger charge is 2.04. The fourth-order valence-corrected chi connectivity index (χ4v) is 1.37. The lowest BCUT2D eigenvalue weighted by Crippen LogP contribution is -2.00. The Bertz CT molecular complexity index is 297. The van der Waals surface area contributed by atoms with Crippen LogP contribution in [-0.2, 0) is 16.0 Å². The van der Waals surface area contributed by atoms with Crippen molar-refractivity contribution in [1.29, 1.82) is 0 Å². The van der Waals surface area contributed by atoms with Crippen molar-refractivity contribution >= 4 is 29.5 Å². The molecule has 0 aromatic carbocycles. The molecule has 64 valence electrons. The highest BCUT2D eigenvalue weighted by atomic mass is 32.1. The number of hydrogen-bond donors (Lipinski definition) is 2. The van der Waals surface area contributed by atoms with Crippen LogP contribution in [0.1, 0.15) is 5.01 Å². The molecule has 1 aromatic rings. The van der Waals surface area contributed by atoms with Gasteiger partial charge in [-0.1, -0.05) is 0 Å². The molecule has 0 atom stereocenters. The number of carbonyl (C=O) groups excluding carboxylic acids is 1. The third kappa shape index (κ3) is 2.31. The fourth-order valence-electron chi connectivity index (χ4n) is 0.648. The van der Waals surface area contributed by atoms with Gasteiger partial charge in [0.2, 0.25) is 6.41 Å². The lowest BCUT2D eigenvalue weighted by molar-refractivity contribution is -0.136. The number of anilines is 1. The fraction of sp³-hybridized carbons (Fsp3) is 0.167. The summed E-state index contributed by atoms with van der Waals surface area (Å²) in [4.78, 5) is 24.0. The summed E-state index contributed by atoms with van der Waals surface area (Å²) in [5.41, 5.74) is 0. The Morgan fingerprint density at radius 2 is 2.58 bits per heavy atom. The Balaban J connectivity index is 2.63. The lowest BCUT2D eigenvalue weighted by Gasteiger charge is -1.88. The molecule has 1 heterocycles. The number of hydrogen-bond acceptors (Lipinski definition) is 4. The van der Waals surface area contributed by atoms with E-state index in [2.05, 4.69) is 10.3 Å². The van der Waals surface area contributed by atoms with Crippen molar-refractivity contribution in [3.05, 3.63) is 10.4 Å². The van der Waals surface area contributed by atoms with Crippen molar-refractivity contribution in [1.82, 2.24) is 4.98 Å². The predicted molar refractivity (Wildman–Crippen MR) is 43.1 cm³/mol. The Morgan fingerprint density at radius 3 is 3.17 bits per heavy atom. The zero-order valence-electron chi connectivity index (χ0n) is 5.98. The summed E-state index contributed by atoms with van der Waals surface area (Å²) in [5.74, 6) is -0.534. The number of nitrogens with one attached hydrogen (secondary N) is 1. The summed E-state index contributed by atoms with van der Waals surface area (Å²) >= 11 is 1.20. The number of carboxylic acid groups (broad SMARTS) is 1. The molecule has 0 radical (unpaired) electrons. The topological polar surface area (TPSA) is 79.3 Å². The van der Waals surface area contributed by atoms with E-state index in [-0.39, 0.29) is 6.42 Å². The van der Waals surface area contributed by atoms with E-state index in [0.29, 0.717) is 17.2 Å². The van der Waals surface area contributed by atoms with Crippen LogP contribution < -0.4 is 5.32 Å². The Kier molecular flexibility index (Phi) is 2.76. The molecule has 6 heteroatoms. The maximum absolute atomic E-state index is 10.2. The monoisotopic (exact) mass is 186 g/mol. The summed E-state index contributed by atoms with van der Waals surface area (Å²) in [6.07, 6.45) is 0.394. The summed E-state index contributed by atoms with van der Waals surface area (Å²) < 4.78 is 0. The first-order chi connectivity index (χ1) is 5.72. The van der Waals surface area contributed by atoms with E-state index in [1.165, 1.54) is 11.3 Å². The van der Waals surface area contributed by atoms with Gasteiger partial charge in [-0.25, -0.2) is 4.98 Å². The molecule has 1 rings (SSSR count). The van der Waals surface area contributed by atoms with Crippen LogP contribution >= 0.6 is 11.3 Å². The van der Waals surface area contributed by atoms with Crippen LogP contribution in [0.2, 0.25) is 0 Å². The summed E-state index contributed by atoms with van der Waals surface area (Å²) in [6.45, 7) is 0. The van der Waals surface area contributed by atoms with Crippen molar-refractivity contribution < 1.29 is 14.7 Å². The number of nitrogens with zero attached hydrogens (tertiary/aromatic N) is 1. The van der Waals surface area contributed by atoms with E-state index in [1.807, 2.05) is 0 Å². The number of thiazole rings is 1. The van der Waals surface area contributed by atoms with Crippen molar-refractivity contribution in [3.63, 3.8) is 0 Å². The van der Waals surface area contributed by atoms with Crippen molar-refractivity contribution in [2.24, 2.45) is 0 Å². The zero-order chi connectivity index (χ0) is 8.97. The molecule has 1 amide bonds. The van der Waals surface area contributed by atoms with Gasteiger partial charge in [-0.15, -0.1) is 11.3 Å². The molecule has 0 unspecified atom stereocenters. The smallest absolute Gasteiger partial charge is 0.310 e. The quantitative estimate of drug-likeness (QED) is 0.664. The molecule has 12 heavy (non-hydrogen) atoms. The molecule has 0 saturated heterocycles. The Morgan fingerprint density at radius 1 is 1.83 bits per heavy atom. The average molecular weight is 186 g/mol. The zero-order valence-corrected chi connectivity index (χ0v) is 6.80. The highest BCUT2D eigenvalue weighted by molar-refractivity contribution is 7.10. The number of amides is 1. The molecule has 0 saturated carbocycles. The molecule has 0 aliphatic rings. The van der Waals surface area contributed by atoms with Gasteiger partial charge in [-0.3, -0.25) is 9.59 Å². The molecule has 5 nitrogen and oxygen atoms in total. The molecule has 0 bridgehead atoms. The maximum Gasteiger partial charge on any atom is 0.310 e. The third-order valence-electron chi connectivity index (χ3n) is 1.06. The molecule has 0 spiro atoms. The second kappa shape index (κ2) is 3.82. The van der Waals surface area contributed by atoms with E-state index in [4.69, 9.17) is 5.11 Å². The van der Waals surface area contributed by atoms with Gasteiger partial charge in [0, 0.05) is 5.38 Å². The van der Waals surface area contributed by atoms with Crippen LogP contribution in [0.25, 0.3) is 0 Å². The lowest BCUT2D eigenvalue weighted by atomic mass is 10.5. The predicted octanol–water partition coefficient (Wildman–Crippen LogP) is 0.339. The Hall–Kier alpha value is -1.43. The molecule has 2 N–H and O–H groups in total. The third-order valence-corrected chi connectivity index (χ3v) is 1.91. The van der Waals surface area contributed by atoms with Crippen molar-refractivity contribution in [2.45, 2.75) is 6.42 Å². The number of aromatic nitrogens is 1. The van der Waals surface area contributed by atoms with Crippen LogP contribution in [0.4, 0.5) is 5.82 Å². The SMILES string of the molecule is O=CNc1csc(CC(=O)O)n1. The van der Waals surface area contributed by atoms with E-state index in [1.54, 1.807) is 5.38 Å². The molecule has 0 aliphatic heterocycles. The van der Waals surface area contributed by atoms with Gasteiger partial charge in [0.15, 0.2) is 0 Å². The van der Waals surface area contributed by atoms with Gasteiger partial charge in [-0.2, -0.15) is 0 Å². The van der Waals surface area contributed by atoms with E-state index >= 15 is 0 Å². The standard InChI is InChI=1S/C6H6N2O3S/c9-3-7-4-2-12-5(8-4)1-6(10)11/h2-3H,1H2,(H,7,9)(H,10,11). The highest BCUT2D eigenvalue weighted by Crippen LogP contribution is 2.13. The number of aliphatic carboxylic acids is 1. The normalized spacial score (nSPS) is 9.33. The summed E-state index contributed by atoms with van der Waals surface area (Å²) in [6, 6.07) is 0. The van der Waals surface area contributed by atoms with Crippen LogP contribution in [0, 0.1) is 0 Å². The van der Waals surface area contributed by atoms with Gasteiger partial charge >= 0.3 is 5.97 Å². The van der Waals surface area contributed by atoms with Crippen molar-refractivity contribution in [2.75, 3.05) is 5.32 Å². The molecular formula is C6H6N2O3S. The molecule has 1 aromatic heterocycles. The largest absolute Gasteiger partial charge is 0.481 e. The molecule has 0 aliphatic carbocycles. The molecule has 0 fully saturated rings. The van der Waals surface area contributed by atoms with Gasteiger partial charge in [0.25, 0.3) is 0 Å². The van der Waals surface area contributed by atoms with Crippen LogP contribution in [0.5, 0.6) is 0 Å². The first-order valence-electron chi connectivity index (χ1n) is 3.08. The van der Waals surface area contributed by atoms with E-state index < -0.39 is 5.97 Å². The molecular weight excluding hydrogens is 180 g/mol. The van der Waals surface area contributed by atoms with Crippen LogP contribution in [-0.4, -0.2) is 22.5 Å². The summed E-state index contributed by atoms with van der Waals surface area (Å²) in [7, 11) is 0. The number of carboxylic acids is 1. The van der Waals surface area contributed by atoms with Gasteiger partial charge in [0.05, 0.1) is 6.42 Å². The van der Waals surface area contributed by atoms with E-state index in [9.17, 15) is 9.59 Å². The van der Waals surface area contributed by atoms with Crippen LogP contribution in [0.3, 0.4) is 0 Å². The maximum atomic E-state index is 10.2. The second-order valence-electron chi connectivity index (χ2n) is 1.96. The number of carbonyl (C=O) groups is 2. The second-order valence-corrected chi connectivity index (χ2v) is 2.90. The van der Waals surface area contributed by atoms with Gasteiger partial charge in [-0.05, 0) is 0 Å². The average Bonchev–Trinajstić information content (AvgIpc) is 2.36. The number of rotatable bonds is 4. The van der Waals surface area contributed by atoms with Crippen LogP contribution in [0.15, 0.2) is 5.38 Å². The first kappa shape index (κ1) is 8.66. The van der Waals surface area contributed by atoms with Gasteiger partial charge in [0.1, 0.15) is 10.8 Å². The minimum Gasteiger partial charge on any atom is -0.481 e. The Labute approximate surface area is 72.1 Å². The summed E-state index contributed by atoms with van der Waals surface area (Å²) in [5, 5.41) is 12.8. The van der Waals surface area contributed by atoms with E-state index in [0.717, 1.165) is 0 Å². The minimum atomic E-state index is -0.929. The van der Waals surface area contributed by atoms with Crippen molar-refractivity contribution in [3.8, 4) is 0 Å². The van der Waals surface area contributed by atoms with Gasteiger partial charge < -0.3 is 10.4 Å².